The molecule has 29 heavy (non-hydrogen) atoms. The fourth-order valence-electron chi connectivity index (χ4n) is 3.77. The third-order valence-corrected chi connectivity index (χ3v) is 5.35. The highest BCUT2D eigenvalue weighted by molar-refractivity contribution is 14.0. The van der Waals surface area contributed by atoms with Crippen molar-refractivity contribution < 1.29 is 0 Å². The van der Waals surface area contributed by atoms with E-state index in [0.29, 0.717) is 18.5 Å². The van der Waals surface area contributed by atoms with Crippen molar-refractivity contribution in [2.75, 3.05) is 13.1 Å². The van der Waals surface area contributed by atoms with E-state index in [1.807, 2.05) is 18.3 Å². The van der Waals surface area contributed by atoms with E-state index in [1.165, 1.54) is 5.56 Å². The minimum absolute atomic E-state index is 0. The number of nitrogens with two attached hydrogens (primary N) is 1. The van der Waals surface area contributed by atoms with E-state index in [-0.39, 0.29) is 24.0 Å². The number of likely N-dealkylation sites (tertiary alicyclic amines) is 1. The first-order valence-corrected chi connectivity index (χ1v) is 9.94. The number of nitrogens with one attached hydrogen (secondary N) is 1. The zero-order chi connectivity index (χ0) is 19.3. The first-order chi connectivity index (χ1) is 13.7. The largest absolute Gasteiger partial charge is 0.370 e. The molecule has 0 spiro atoms. The van der Waals surface area contributed by atoms with Crippen LogP contribution in [-0.4, -0.2) is 39.4 Å². The lowest BCUT2D eigenvalue weighted by Crippen LogP contribution is -2.46. The van der Waals surface area contributed by atoms with Crippen LogP contribution < -0.4 is 11.1 Å². The van der Waals surface area contributed by atoms with Crippen LogP contribution in [0.15, 0.2) is 59.7 Å². The van der Waals surface area contributed by atoms with Crippen molar-refractivity contribution in [2.24, 2.45) is 10.7 Å². The molecule has 4 rings (SSSR count). The second kappa shape index (κ2) is 10.1. The summed E-state index contributed by atoms with van der Waals surface area (Å²) in [5.74, 6) is 0.510. The highest BCUT2D eigenvalue weighted by Gasteiger charge is 2.19. The Morgan fingerprint density at radius 1 is 1.14 bits per heavy atom. The monoisotopic (exact) mass is 504 g/mol. The van der Waals surface area contributed by atoms with E-state index in [0.717, 1.165) is 49.5 Å². The molecule has 0 bridgehead atoms. The molecule has 7 heteroatoms. The van der Waals surface area contributed by atoms with Crippen molar-refractivity contribution in [1.82, 2.24) is 19.6 Å². The number of imidazole rings is 1. The Bertz CT molecular complexity index is 944. The number of nitrogens with zero attached hydrogens (tertiary/aromatic N) is 4. The predicted octanol–water partition coefficient (Wildman–Crippen LogP) is 3.33. The number of aliphatic imine (C=N–C) groups is 1. The smallest absolute Gasteiger partial charge is 0.189 e. The topological polar surface area (TPSA) is 70.9 Å². The molecule has 1 aliphatic rings. The molecule has 1 aromatic carbocycles. The molecule has 154 valence electrons. The molecule has 0 unspecified atom stereocenters. The lowest BCUT2D eigenvalue weighted by atomic mass is 10.0. The van der Waals surface area contributed by atoms with Gasteiger partial charge in [0, 0.05) is 37.6 Å². The lowest BCUT2D eigenvalue weighted by molar-refractivity contribution is 0.199. The number of pyridine rings is 1. The minimum atomic E-state index is 0. The van der Waals surface area contributed by atoms with Gasteiger partial charge in [-0.25, -0.2) is 9.98 Å². The average molecular weight is 504 g/mol. The fourth-order valence-corrected chi connectivity index (χ4v) is 3.77. The average Bonchev–Trinajstić information content (AvgIpc) is 3.13. The zero-order valence-corrected chi connectivity index (χ0v) is 19.1. The van der Waals surface area contributed by atoms with Crippen LogP contribution in [0.2, 0.25) is 0 Å². The number of fused-ring (bicyclic) bond motifs is 1. The van der Waals surface area contributed by atoms with Crippen molar-refractivity contribution in [3.8, 4) is 0 Å². The van der Waals surface area contributed by atoms with E-state index in [9.17, 15) is 0 Å². The second-order valence-corrected chi connectivity index (χ2v) is 7.51. The predicted molar refractivity (Wildman–Crippen MR) is 129 cm³/mol. The molecule has 1 saturated heterocycles. The van der Waals surface area contributed by atoms with Crippen LogP contribution in [0.1, 0.15) is 29.8 Å². The maximum absolute atomic E-state index is 6.13. The van der Waals surface area contributed by atoms with Crippen LogP contribution in [0.25, 0.3) is 5.65 Å². The first-order valence-electron chi connectivity index (χ1n) is 9.94. The molecule has 1 fully saturated rings. The number of hydrogen-bond donors (Lipinski definition) is 2. The van der Waals surface area contributed by atoms with Crippen LogP contribution in [0, 0.1) is 6.92 Å². The van der Waals surface area contributed by atoms with Gasteiger partial charge in [-0.05, 0) is 37.5 Å². The fraction of sp³-hybridized carbons (Fsp3) is 0.364. The molecule has 6 nitrogen and oxygen atoms in total. The first kappa shape index (κ1) is 21.6. The van der Waals surface area contributed by atoms with Crippen molar-refractivity contribution in [3.63, 3.8) is 0 Å². The van der Waals surface area contributed by atoms with E-state index in [1.54, 1.807) is 0 Å². The van der Waals surface area contributed by atoms with E-state index in [4.69, 9.17) is 5.73 Å². The lowest BCUT2D eigenvalue weighted by Gasteiger charge is -2.32. The zero-order valence-electron chi connectivity index (χ0n) is 16.8. The summed E-state index contributed by atoms with van der Waals surface area (Å²) >= 11 is 0. The van der Waals surface area contributed by atoms with Gasteiger partial charge in [0.1, 0.15) is 5.65 Å². The van der Waals surface area contributed by atoms with Gasteiger partial charge in [0.25, 0.3) is 0 Å². The standard InChI is InChI=1S/C22H28N6.HI/c1-17-6-5-9-21-25-20(16-28(17)21)14-24-22(23)26-19-10-12-27(13-11-19)15-18-7-3-2-4-8-18;/h2-9,16,19H,10-15H2,1H3,(H3,23,24,26);1H. The molecule has 3 aromatic rings. The molecule has 2 aromatic heterocycles. The molecule has 0 amide bonds. The van der Waals surface area contributed by atoms with Gasteiger partial charge < -0.3 is 15.5 Å². The summed E-state index contributed by atoms with van der Waals surface area (Å²) in [5.41, 5.74) is 10.5. The Kier molecular flexibility index (Phi) is 7.49. The summed E-state index contributed by atoms with van der Waals surface area (Å²) in [7, 11) is 0. The second-order valence-electron chi connectivity index (χ2n) is 7.51. The van der Waals surface area contributed by atoms with Gasteiger partial charge in [0.05, 0.1) is 12.2 Å². The molecule has 3 heterocycles. The molecular formula is C22H29IN6. The highest BCUT2D eigenvalue weighted by Crippen LogP contribution is 2.14. The number of aromatic nitrogens is 2. The number of piperidine rings is 1. The van der Waals surface area contributed by atoms with Gasteiger partial charge in [-0.15, -0.1) is 24.0 Å². The number of rotatable bonds is 5. The van der Waals surface area contributed by atoms with Crippen molar-refractivity contribution >= 4 is 35.6 Å². The third-order valence-electron chi connectivity index (χ3n) is 5.35. The number of guanidine groups is 1. The molecule has 0 saturated carbocycles. The number of aryl methyl sites for hydroxylation is 1. The quantitative estimate of drug-likeness (QED) is 0.318. The molecule has 0 aliphatic carbocycles. The van der Waals surface area contributed by atoms with Gasteiger partial charge in [-0.2, -0.15) is 0 Å². The Labute approximate surface area is 189 Å². The number of benzene rings is 1. The van der Waals surface area contributed by atoms with Crippen molar-refractivity contribution in [1.29, 1.82) is 0 Å². The van der Waals surface area contributed by atoms with Crippen LogP contribution >= 0.6 is 24.0 Å². The normalized spacial score (nSPS) is 16.0. The molecule has 0 atom stereocenters. The van der Waals surface area contributed by atoms with Crippen molar-refractivity contribution in [2.45, 2.75) is 38.9 Å². The van der Waals surface area contributed by atoms with Gasteiger partial charge in [-0.3, -0.25) is 4.90 Å². The van der Waals surface area contributed by atoms with Crippen LogP contribution in [0.4, 0.5) is 0 Å². The Hall–Kier alpha value is -2.13. The molecular weight excluding hydrogens is 475 g/mol. The van der Waals surface area contributed by atoms with Crippen LogP contribution in [-0.2, 0) is 13.1 Å². The Morgan fingerprint density at radius 2 is 1.90 bits per heavy atom. The SMILES string of the molecule is Cc1cccc2nc(CN=C(N)NC3CCN(Cc4ccccc4)CC3)cn12.I. The third kappa shape index (κ3) is 5.70. The molecule has 3 N–H and O–H groups in total. The van der Waals surface area contributed by atoms with E-state index < -0.39 is 0 Å². The summed E-state index contributed by atoms with van der Waals surface area (Å²) in [6.45, 7) is 5.73. The summed E-state index contributed by atoms with van der Waals surface area (Å²) < 4.78 is 2.08. The summed E-state index contributed by atoms with van der Waals surface area (Å²) in [6, 6.07) is 17.1. The Balaban J connectivity index is 0.00000240. The summed E-state index contributed by atoms with van der Waals surface area (Å²) in [5, 5.41) is 3.39. The van der Waals surface area contributed by atoms with Crippen molar-refractivity contribution in [3.05, 3.63) is 71.7 Å². The van der Waals surface area contributed by atoms with Crippen LogP contribution in [0.3, 0.4) is 0 Å². The van der Waals surface area contributed by atoms with E-state index >= 15 is 0 Å². The van der Waals surface area contributed by atoms with Gasteiger partial charge >= 0.3 is 0 Å². The summed E-state index contributed by atoms with van der Waals surface area (Å²) in [6.07, 6.45) is 4.19. The highest BCUT2D eigenvalue weighted by atomic mass is 127. The Morgan fingerprint density at radius 3 is 2.62 bits per heavy atom. The minimum Gasteiger partial charge on any atom is -0.370 e. The van der Waals surface area contributed by atoms with E-state index in [2.05, 4.69) is 67.9 Å². The van der Waals surface area contributed by atoms with Gasteiger partial charge in [0.15, 0.2) is 5.96 Å². The number of hydrogen-bond acceptors (Lipinski definition) is 3. The maximum atomic E-state index is 6.13. The van der Waals surface area contributed by atoms with Gasteiger partial charge in [-0.1, -0.05) is 36.4 Å². The van der Waals surface area contributed by atoms with Gasteiger partial charge in [0.2, 0.25) is 0 Å². The maximum Gasteiger partial charge on any atom is 0.189 e. The van der Waals surface area contributed by atoms with Crippen LogP contribution in [0.5, 0.6) is 0 Å². The molecule has 0 radical (unpaired) electrons. The number of halogens is 1. The summed E-state index contributed by atoms with van der Waals surface area (Å²) in [4.78, 5) is 11.6. The molecule has 1 aliphatic heterocycles.